The van der Waals surface area contributed by atoms with Crippen LogP contribution in [0.25, 0.3) is 5.57 Å². The fourth-order valence-corrected chi connectivity index (χ4v) is 1.34. The highest BCUT2D eigenvalue weighted by Crippen LogP contribution is 2.18. The number of carboxylic acid groups (broad SMARTS) is 1. The number of carboxylic acids is 1. The van der Waals surface area contributed by atoms with Crippen molar-refractivity contribution >= 4 is 11.5 Å². The molecule has 0 unspecified atom stereocenters. The zero-order chi connectivity index (χ0) is 11.3. The van der Waals surface area contributed by atoms with E-state index < -0.39 is 5.97 Å². The molecular weight excluding hydrogens is 188 g/mol. The molecule has 0 atom stereocenters. The van der Waals surface area contributed by atoms with Crippen LogP contribution >= 0.6 is 0 Å². The molecule has 1 aromatic rings. The molecule has 0 heterocycles. The molecule has 0 radical (unpaired) electrons. The van der Waals surface area contributed by atoms with Crippen molar-refractivity contribution in [2.75, 3.05) is 0 Å². The summed E-state index contributed by atoms with van der Waals surface area (Å²) in [5, 5.41) is 9.08. The molecule has 0 fully saturated rings. The summed E-state index contributed by atoms with van der Waals surface area (Å²) >= 11 is 0. The summed E-state index contributed by atoms with van der Waals surface area (Å²) in [6.07, 6.45) is 5.15. The van der Waals surface area contributed by atoms with Crippen LogP contribution in [0.3, 0.4) is 0 Å². The van der Waals surface area contributed by atoms with Crippen LogP contribution in [0.1, 0.15) is 18.1 Å². The van der Waals surface area contributed by atoms with Crippen molar-refractivity contribution in [2.45, 2.75) is 13.8 Å². The van der Waals surface area contributed by atoms with Gasteiger partial charge in [-0.2, -0.15) is 0 Å². The first-order chi connectivity index (χ1) is 7.16. The van der Waals surface area contributed by atoms with E-state index in [0.29, 0.717) is 5.57 Å². The first-order valence-corrected chi connectivity index (χ1v) is 4.79. The van der Waals surface area contributed by atoms with Gasteiger partial charge in [0.15, 0.2) is 0 Å². The third kappa shape index (κ3) is 2.81. The van der Waals surface area contributed by atoms with Gasteiger partial charge in [0.2, 0.25) is 0 Å². The summed E-state index contributed by atoms with van der Waals surface area (Å²) in [4.78, 5) is 11.1. The molecule has 1 rings (SSSR count). The Bertz CT molecular complexity index is 414. The highest BCUT2D eigenvalue weighted by molar-refractivity contribution is 6.16. The van der Waals surface area contributed by atoms with Crippen LogP contribution < -0.4 is 0 Å². The van der Waals surface area contributed by atoms with Crippen LogP contribution in [-0.2, 0) is 4.79 Å². The van der Waals surface area contributed by atoms with Gasteiger partial charge in [0, 0.05) is 0 Å². The molecule has 15 heavy (non-hydrogen) atoms. The van der Waals surface area contributed by atoms with E-state index in [-0.39, 0.29) is 0 Å². The van der Waals surface area contributed by atoms with Crippen molar-refractivity contribution in [3.8, 4) is 0 Å². The van der Waals surface area contributed by atoms with Crippen LogP contribution in [0, 0.1) is 6.92 Å². The summed E-state index contributed by atoms with van der Waals surface area (Å²) in [5.41, 5.74) is 2.06. The van der Waals surface area contributed by atoms with E-state index in [1.54, 1.807) is 18.2 Å². The highest BCUT2D eigenvalue weighted by Gasteiger charge is 2.10. The average molecular weight is 202 g/mol. The van der Waals surface area contributed by atoms with Crippen LogP contribution in [0.4, 0.5) is 0 Å². The van der Waals surface area contributed by atoms with Crippen molar-refractivity contribution in [3.63, 3.8) is 0 Å². The molecule has 2 heteroatoms. The number of rotatable bonds is 3. The largest absolute Gasteiger partial charge is 0.478 e. The lowest BCUT2D eigenvalue weighted by Crippen LogP contribution is -2.00. The SMILES string of the molecule is C/C=C\C=C(\C(=O)O)c1ccccc1C. The maximum atomic E-state index is 11.1. The number of carbonyl (C=O) groups is 1. The molecule has 0 spiro atoms. The van der Waals surface area contributed by atoms with E-state index in [1.807, 2.05) is 38.1 Å². The molecule has 1 N–H and O–H groups in total. The Hall–Kier alpha value is -1.83. The first kappa shape index (κ1) is 11.2. The van der Waals surface area contributed by atoms with Gasteiger partial charge in [-0.1, -0.05) is 36.4 Å². The third-order valence-electron chi connectivity index (χ3n) is 2.12. The van der Waals surface area contributed by atoms with Crippen LogP contribution in [-0.4, -0.2) is 11.1 Å². The van der Waals surface area contributed by atoms with Gasteiger partial charge in [-0.15, -0.1) is 0 Å². The average Bonchev–Trinajstić information content (AvgIpc) is 2.20. The molecule has 0 aromatic heterocycles. The Kier molecular flexibility index (Phi) is 3.86. The van der Waals surface area contributed by atoms with Gasteiger partial charge in [0.05, 0.1) is 5.57 Å². The van der Waals surface area contributed by atoms with Crippen molar-refractivity contribution in [1.29, 1.82) is 0 Å². The van der Waals surface area contributed by atoms with Gasteiger partial charge >= 0.3 is 5.97 Å². The predicted octanol–water partition coefficient (Wildman–Crippen LogP) is 3.04. The maximum absolute atomic E-state index is 11.1. The van der Waals surface area contributed by atoms with E-state index >= 15 is 0 Å². The number of aliphatic carboxylic acids is 1. The van der Waals surface area contributed by atoms with Crippen LogP contribution in [0.2, 0.25) is 0 Å². The van der Waals surface area contributed by atoms with Crippen molar-refractivity contribution in [3.05, 3.63) is 53.6 Å². The van der Waals surface area contributed by atoms with E-state index in [9.17, 15) is 4.79 Å². The Labute approximate surface area is 89.6 Å². The fourth-order valence-electron chi connectivity index (χ4n) is 1.34. The van der Waals surface area contributed by atoms with E-state index in [2.05, 4.69) is 0 Å². The predicted molar refractivity (Wildman–Crippen MR) is 61.6 cm³/mol. The lowest BCUT2D eigenvalue weighted by Gasteiger charge is -2.05. The molecule has 1 aromatic carbocycles. The van der Waals surface area contributed by atoms with E-state index in [1.165, 1.54) is 0 Å². The van der Waals surface area contributed by atoms with Gasteiger partial charge < -0.3 is 5.11 Å². The van der Waals surface area contributed by atoms with Crippen molar-refractivity contribution in [2.24, 2.45) is 0 Å². The zero-order valence-electron chi connectivity index (χ0n) is 8.90. The highest BCUT2D eigenvalue weighted by atomic mass is 16.4. The van der Waals surface area contributed by atoms with Gasteiger partial charge in [-0.25, -0.2) is 4.79 Å². The Balaban J connectivity index is 3.22. The Morgan fingerprint density at radius 1 is 1.33 bits per heavy atom. The zero-order valence-corrected chi connectivity index (χ0v) is 8.90. The molecule has 78 valence electrons. The molecule has 0 amide bonds. The lowest BCUT2D eigenvalue weighted by molar-refractivity contribution is -0.130. The molecule has 0 aliphatic rings. The second kappa shape index (κ2) is 5.15. The third-order valence-corrected chi connectivity index (χ3v) is 2.12. The number of aryl methyl sites for hydroxylation is 1. The molecule has 0 aliphatic carbocycles. The summed E-state index contributed by atoms with van der Waals surface area (Å²) in [6, 6.07) is 7.46. The smallest absolute Gasteiger partial charge is 0.336 e. The standard InChI is InChI=1S/C13H14O2/c1-3-4-8-12(13(14)15)11-9-6-5-7-10(11)2/h3-9H,1-2H3,(H,14,15)/b4-3-,12-8+. The van der Waals surface area contributed by atoms with Crippen molar-refractivity contribution < 1.29 is 9.90 Å². The molecule has 0 aliphatic heterocycles. The Morgan fingerprint density at radius 3 is 2.53 bits per heavy atom. The second-order valence-electron chi connectivity index (χ2n) is 3.23. The quantitative estimate of drug-likeness (QED) is 0.604. The maximum Gasteiger partial charge on any atom is 0.336 e. The molecular formula is C13H14O2. The number of hydrogen-bond donors (Lipinski definition) is 1. The topological polar surface area (TPSA) is 37.3 Å². The monoisotopic (exact) mass is 202 g/mol. The van der Waals surface area contributed by atoms with Gasteiger partial charge in [-0.05, 0) is 31.1 Å². The number of benzene rings is 1. The molecule has 0 bridgehead atoms. The molecule has 0 saturated heterocycles. The number of hydrogen-bond acceptors (Lipinski definition) is 1. The van der Waals surface area contributed by atoms with Crippen LogP contribution in [0.15, 0.2) is 42.5 Å². The summed E-state index contributed by atoms with van der Waals surface area (Å²) in [5.74, 6) is -0.901. The fraction of sp³-hybridized carbons (Fsp3) is 0.154. The van der Waals surface area contributed by atoms with E-state index in [4.69, 9.17) is 5.11 Å². The molecule has 2 nitrogen and oxygen atoms in total. The minimum Gasteiger partial charge on any atom is -0.478 e. The minimum atomic E-state index is -0.901. The summed E-state index contributed by atoms with van der Waals surface area (Å²) < 4.78 is 0. The first-order valence-electron chi connectivity index (χ1n) is 4.79. The normalized spacial score (nSPS) is 12.0. The Morgan fingerprint density at radius 2 is 2.00 bits per heavy atom. The van der Waals surface area contributed by atoms with Gasteiger partial charge in [0.1, 0.15) is 0 Å². The van der Waals surface area contributed by atoms with E-state index in [0.717, 1.165) is 11.1 Å². The summed E-state index contributed by atoms with van der Waals surface area (Å²) in [7, 11) is 0. The van der Waals surface area contributed by atoms with Crippen molar-refractivity contribution in [1.82, 2.24) is 0 Å². The summed E-state index contributed by atoms with van der Waals surface area (Å²) in [6.45, 7) is 3.76. The second-order valence-corrected chi connectivity index (χ2v) is 3.23. The van der Waals surface area contributed by atoms with Crippen LogP contribution in [0.5, 0.6) is 0 Å². The minimum absolute atomic E-state index is 0.325. The van der Waals surface area contributed by atoms with Gasteiger partial charge in [0.25, 0.3) is 0 Å². The van der Waals surface area contributed by atoms with Gasteiger partial charge in [-0.3, -0.25) is 0 Å². The number of allylic oxidation sites excluding steroid dienone is 3. The lowest BCUT2D eigenvalue weighted by atomic mass is 10.0. The molecule has 0 saturated carbocycles.